The van der Waals surface area contributed by atoms with Crippen molar-refractivity contribution in [1.29, 1.82) is 0 Å². The first-order valence-electron chi connectivity index (χ1n) is 5.22. The van der Waals surface area contributed by atoms with E-state index in [4.69, 9.17) is 23.2 Å². The lowest BCUT2D eigenvalue weighted by Gasteiger charge is -2.07. The van der Waals surface area contributed by atoms with Gasteiger partial charge in [0, 0.05) is 12.6 Å². The summed E-state index contributed by atoms with van der Waals surface area (Å²) in [5.41, 5.74) is 1.98. The second-order valence-electron chi connectivity index (χ2n) is 3.53. The van der Waals surface area contributed by atoms with Crippen LogP contribution in [0.3, 0.4) is 0 Å². The molecule has 0 unspecified atom stereocenters. The summed E-state index contributed by atoms with van der Waals surface area (Å²) >= 11 is 11.6. The fourth-order valence-electron chi connectivity index (χ4n) is 1.46. The van der Waals surface area contributed by atoms with Gasteiger partial charge >= 0.3 is 0 Å². The maximum Gasteiger partial charge on any atom is 0.174 e. The Morgan fingerprint density at radius 2 is 1.82 bits per heavy atom. The largest absolute Gasteiger partial charge is 0.382 e. The molecule has 2 rings (SSSR count). The van der Waals surface area contributed by atoms with Crippen LogP contribution >= 0.6 is 23.2 Å². The Morgan fingerprint density at radius 3 is 2.59 bits per heavy atom. The van der Waals surface area contributed by atoms with Crippen molar-refractivity contribution in [3.63, 3.8) is 0 Å². The molecule has 1 N–H and O–H groups in total. The predicted molar refractivity (Wildman–Crippen MR) is 70.7 cm³/mol. The molecule has 5 heteroatoms. The quantitative estimate of drug-likeness (QED) is 0.923. The standard InChI is InChI=1S/C12H11Cl2N3/c13-11-8-10(12(14)17-16-11)15-7-6-9-4-2-1-3-5-9/h1-5,8H,6-7H2,(H,15,16). The molecule has 0 aliphatic rings. The second kappa shape index (κ2) is 5.84. The summed E-state index contributed by atoms with van der Waals surface area (Å²) < 4.78 is 0. The van der Waals surface area contributed by atoms with Gasteiger partial charge in [-0.25, -0.2) is 0 Å². The van der Waals surface area contributed by atoms with Crippen molar-refractivity contribution in [2.24, 2.45) is 0 Å². The van der Waals surface area contributed by atoms with Crippen molar-refractivity contribution >= 4 is 28.9 Å². The van der Waals surface area contributed by atoms with Gasteiger partial charge in [-0.05, 0) is 12.0 Å². The number of nitrogens with one attached hydrogen (secondary N) is 1. The van der Waals surface area contributed by atoms with E-state index in [1.165, 1.54) is 5.56 Å². The Bertz CT molecular complexity index is 488. The molecule has 1 aromatic carbocycles. The molecule has 0 saturated carbocycles. The van der Waals surface area contributed by atoms with Crippen molar-refractivity contribution in [1.82, 2.24) is 10.2 Å². The van der Waals surface area contributed by atoms with Crippen LogP contribution in [0.1, 0.15) is 5.56 Å². The summed E-state index contributed by atoms with van der Waals surface area (Å²) in [6.07, 6.45) is 0.914. The summed E-state index contributed by atoms with van der Waals surface area (Å²) in [6.45, 7) is 0.770. The Hall–Kier alpha value is -1.32. The molecule has 2 aromatic rings. The van der Waals surface area contributed by atoms with Crippen LogP contribution in [0.2, 0.25) is 10.3 Å². The number of rotatable bonds is 4. The van der Waals surface area contributed by atoms with Crippen LogP contribution in [0.4, 0.5) is 5.69 Å². The number of nitrogens with zero attached hydrogens (tertiary/aromatic N) is 2. The average Bonchev–Trinajstić information content (AvgIpc) is 2.35. The van der Waals surface area contributed by atoms with Crippen molar-refractivity contribution in [2.75, 3.05) is 11.9 Å². The molecule has 0 bridgehead atoms. The van der Waals surface area contributed by atoms with Crippen molar-refractivity contribution < 1.29 is 0 Å². The highest BCUT2D eigenvalue weighted by molar-refractivity contribution is 6.33. The van der Waals surface area contributed by atoms with Crippen LogP contribution in [-0.4, -0.2) is 16.7 Å². The van der Waals surface area contributed by atoms with Crippen LogP contribution in [0.5, 0.6) is 0 Å². The van der Waals surface area contributed by atoms with Gasteiger partial charge in [0.25, 0.3) is 0 Å². The first-order valence-corrected chi connectivity index (χ1v) is 5.98. The van der Waals surface area contributed by atoms with E-state index in [-0.39, 0.29) is 0 Å². The average molecular weight is 268 g/mol. The van der Waals surface area contributed by atoms with Gasteiger partial charge in [-0.1, -0.05) is 53.5 Å². The minimum Gasteiger partial charge on any atom is -0.382 e. The molecule has 0 aliphatic heterocycles. The van der Waals surface area contributed by atoms with Gasteiger partial charge in [0.2, 0.25) is 0 Å². The van der Waals surface area contributed by atoms with Gasteiger partial charge < -0.3 is 5.32 Å². The van der Waals surface area contributed by atoms with E-state index >= 15 is 0 Å². The van der Waals surface area contributed by atoms with Crippen LogP contribution < -0.4 is 5.32 Å². The van der Waals surface area contributed by atoms with E-state index in [1.54, 1.807) is 6.07 Å². The Morgan fingerprint density at radius 1 is 1.06 bits per heavy atom. The zero-order chi connectivity index (χ0) is 12.1. The number of halogens is 2. The molecule has 3 nitrogen and oxygen atoms in total. The number of hydrogen-bond donors (Lipinski definition) is 1. The van der Waals surface area contributed by atoms with Gasteiger partial charge in [0.05, 0.1) is 5.69 Å². The van der Waals surface area contributed by atoms with Crippen LogP contribution in [0.25, 0.3) is 0 Å². The molecule has 1 aromatic heterocycles. The highest BCUT2D eigenvalue weighted by atomic mass is 35.5. The second-order valence-corrected chi connectivity index (χ2v) is 4.28. The molecule has 0 saturated heterocycles. The van der Waals surface area contributed by atoms with Gasteiger partial charge in [-0.2, -0.15) is 0 Å². The number of hydrogen-bond acceptors (Lipinski definition) is 3. The zero-order valence-electron chi connectivity index (χ0n) is 9.03. The lowest BCUT2D eigenvalue weighted by molar-refractivity contribution is 0.992. The highest BCUT2D eigenvalue weighted by Gasteiger charge is 2.03. The Labute approximate surface area is 110 Å². The van der Waals surface area contributed by atoms with E-state index in [9.17, 15) is 0 Å². The molecule has 88 valence electrons. The third-order valence-corrected chi connectivity index (χ3v) is 2.75. The van der Waals surface area contributed by atoms with Gasteiger partial charge in [-0.3, -0.25) is 0 Å². The van der Waals surface area contributed by atoms with Gasteiger partial charge in [0.15, 0.2) is 10.3 Å². The van der Waals surface area contributed by atoms with Crippen LogP contribution in [0.15, 0.2) is 36.4 Å². The molecule has 0 atom stereocenters. The van der Waals surface area contributed by atoms with E-state index < -0.39 is 0 Å². The minimum atomic E-state index is 0.330. The molecule has 17 heavy (non-hydrogen) atoms. The van der Waals surface area contributed by atoms with Crippen molar-refractivity contribution in [2.45, 2.75) is 6.42 Å². The topological polar surface area (TPSA) is 37.8 Å². The summed E-state index contributed by atoms with van der Waals surface area (Å²) in [5.74, 6) is 0. The van der Waals surface area contributed by atoms with E-state index in [0.29, 0.717) is 16.0 Å². The molecular formula is C12H11Cl2N3. The molecule has 0 amide bonds. The predicted octanol–water partition coefficient (Wildman–Crippen LogP) is 3.44. The third-order valence-electron chi connectivity index (χ3n) is 2.29. The van der Waals surface area contributed by atoms with Crippen LogP contribution in [-0.2, 0) is 6.42 Å². The molecule has 0 fully saturated rings. The van der Waals surface area contributed by atoms with Crippen molar-refractivity contribution in [3.8, 4) is 0 Å². The summed E-state index contributed by atoms with van der Waals surface area (Å²) in [5, 5.41) is 11.2. The number of benzene rings is 1. The molecular weight excluding hydrogens is 257 g/mol. The smallest absolute Gasteiger partial charge is 0.174 e. The van der Waals surface area contributed by atoms with Gasteiger partial charge in [-0.15, -0.1) is 10.2 Å². The zero-order valence-corrected chi connectivity index (χ0v) is 10.5. The lowest BCUT2D eigenvalue weighted by Crippen LogP contribution is -2.06. The van der Waals surface area contributed by atoms with Gasteiger partial charge in [0.1, 0.15) is 0 Å². The Kier molecular flexibility index (Phi) is 4.18. The summed E-state index contributed by atoms with van der Waals surface area (Å²) in [7, 11) is 0. The first kappa shape index (κ1) is 12.1. The Balaban J connectivity index is 1.92. The lowest BCUT2D eigenvalue weighted by atomic mass is 10.1. The third kappa shape index (κ3) is 3.58. The highest BCUT2D eigenvalue weighted by Crippen LogP contribution is 2.20. The SMILES string of the molecule is Clc1cc(NCCc2ccccc2)c(Cl)nn1. The van der Waals surface area contributed by atoms with E-state index in [2.05, 4.69) is 27.6 Å². The normalized spacial score (nSPS) is 10.2. The monoisotopic (exact) mass is 267 g/mol. The minimum absolute atomic E-state index is 0.330. The van der Waals surface area contributed by atoms with E-state index in [0.717, 1.165) is 13.0 Å². The maximum absolute atomic E-state index is 5.88. The number of anilines is 1. The number of aromatic nitrogens is 2. The summed E-state index contributed by atoms with van der Waals surface area (Å²) in [4.78, 5) is 0. The fraction of sp³-hybridized carbons (Fsp3) is 0.167. The molecule has 0 radical (unpaired) electrons. The van der Waals surface area contributed by atoms with Crippen LogP contribution in [0, 0.1) is 0 Å². The molecule has 0 spiro atoms. The maximum atomic E-state index is 5.88. The molecule has 1 heterocycles. The first-order chi connectivity index (χ1) is 8.25. The summed E-state index contributed by atoms with van der Waals surface area (Å²) in [6, 6.07) is 11.9. The van der Waals surface area contributed by atoms with E-state index in [1.807, 2.05) is 18.2 Å². The fourth-order valence-corrected chi connectivity index (χ4v) is 1.77. The molecule has 0 aliphatic carbocycles. The van der Waals surface area contributed by atoms with Crippen molar-refractivity contribution in [3.05, 3.63) is 52.3 Å².